The molecule has 0 saturated heterocycles. The Bertz CT molecular complexity index is 984. The molecule has 0 radical (unpaired) electrons. The van der Waals surface area contributed by atoms with Gasteiger partial charge >= 0.3 is 0 Å². The number of amides is 1. The topological polar surface area (TPSA) is 103 Å². The van der Waals surface area contributed by atoms with Crippen molar-refractivity contribution in [2.45, 2.75) is 13.5 Å². The number of hydrogen-bond donors (Lipinski definition) is 1. The van der Waals surface area contributed by atoms with Gasteiger partial charge in [-0.1, -0.05) is 12.1 Å². The second-order valence-corrected chi connectivity index (χ2v) is 8.39. The highest BCUT2D eigenvalue weighted by Crippen LogP contribution is 2.38. The third kappa shape index (κ3) is 6.17. The predicted octanol–water partition coefficient (Wildman–Crippen LogP) is 2.19. The second kappa shape index (κ2) is 10.8. The maximum Gasteiger partial charge on any atom is 0.241 e. The van der Waals surface area contributed by atoms with Crippen LogP contribution in [0.15, 0.2) is 36.4 Å². The molecule has 0 saturated carbocycles. The Morgan fingerprint density at radius 3 is 2.13 bits per heavy atom. The first-order valence-electron chi connectivity index (χ1n) is 9.50. The first kappa shape index (κ1) is 24.1. The molecule has 1 amide bonds. The summed E-state index contributed by atoms with van der Waals surface area (Å²) >= 11 is 0. The van der Waals surface area contributed by atoms with Gasteiger partial charge < -0.3 is 24.3 Å². The molecule has 2 aromatic rings. The number of benzene rings is 2. The van der Waals surface area contributed by atoms with Crippen molar-refractivity contribution in [3.8, 4) is 23.0 Å². The predicted molar refractivity (Wildman–Crippen MR) is 118 cm³/mol. The van der Waals surface area contributed by atoms with Crippen molar-refractivity contribution in [3.63, 3.8) is 0 Å². The lowest BCUT2D eigenvalue weighted by molar-refractivity contribution is -0.119. The zero-order valence-corrected chi connectivity index (χ0v) is 19.1. The molecule has 9 nitrogen and oxygen atoms in total. The lowest BCUT2D eigenvalue weighted by Crippen LogP contribution is -2.40. The first-order valence-corrected chi connectivity index (χ1v) is 11.3. The highest BCUT2D eigenvalue weighted by Gasteiger charge is 2.24. The van der Waals surface area contributed by atoms with E-state index in [1.165, 1.54) is 21.3 Å². The Morgan fingerprint density at radius 1 is 1.00 bits per heavy atom. The lowest BCUT2D eigenvalue weighted by atomic mass is 10.1. The van der Waals surface area contributed by atoms with Gasteiger partial charge in [-0.3, -0.25) is 9.10 Å². The number of anilines is 1. The molecule has 31 heavy (non-hydrogen) atoms. The van der Waals surface area contributed by atoms with E-state index < -0.39 is 22.5 Å². The molecule has 10 heteroatoms. The van der Waals surface area contributed by atoms with Crippen molar-refractivity contribution >= 4 is 21.6 Å². The second-order valence-electron chi connectivity index (χ2n) is 6.48. The van der Waals surface area contributed by atoms with Crippen LogP contribution in [0.2, 0.25) is 0 Å². The van der Waals surface area contributed by atoms with E-state index in [2.05, 4.69) is 5.32 Å². The number of nitrogens with one attached hydrogen (secondary N) is 1. The molecule has 2 aromatic carbocycles. The number of para-hydroxylation sites is 2. The summed E-state index contributed by atoms with van der Waals surface area (Å²) in [6, 6.07) is 10.1. The first-order chi connectivity index (χ1) is 14.7. The fourth-order valence-electron chi connectivity index (χ4n) is 2.95. The highest BCUT2D eigenvalue weighted by molar-refractivity contribution is 7.92. The van der Waals surface area contributed by atoms with Crippen molar-refractivity contribution in [3.05, 3.63) is 42.0 Å². The van der Waals surface area contributed by atoms with E-state index in [1.54, 1.807) is 43.3 Å². The fourth-order valence-corrected chi connectivity index (χ4v) is 3.81. The molecule has 0 fully saturated rings. The summed E-state index contributed by atoms with van der Waals surface area (Å²) in [5, 5.41) is 2.73. The molecular formula is C21H28N2O7S. The van der Waals surface area contributed by atoms with Crippen molar-refractivity contribution in [2.75, 3.05) is 45.0 Å². The van der Waals surface area contributed by atoms with Gasteiger partial charge in [0, 0.05) is 6.54 Å². The van der Waals surface area contributed by atoms with Gasteiger partial charge in [0.15, 0.2) is 11.5 Å². The van der Waals surface area contributed by atoms with E-state index in [-0.39, 0.29) is 6.54 Å². The van der Waals surface area contributed by atoms with Gasteiger partial charge in [-0.05, 0) is 36.8 Å². The molecular weight excluding hydrogens is 424 g/mol. The fraction of sp³-hybridized carbons (Fsp3) is 0.381. The van der Waals surface area contributed by atoms with E-state index in [4.69, 9.17) is 18.9 Å². The molecule has 170 valence electrons. The molecule has 0 atom stereocenters. The quantitative estimate of drug-likeness (QED) is 0.557. The lowest BCUT2D eigenvalue weighted by Gasteiger charge is -2.24. The molecule has 0 aliphatic heterocycles. The SMILES string of the molecule is CCOc1ccccc1N(CC(=O)NCc1cc(OC)c(OC)c(OC)c1)S(C)(=O)=O. The molecule has 0 unspecified atom stereocenters. The smallest absolute Gasteiger partial charge is 0.241 e. The van der Waals surface area contributed by atoms with E-state index >= 15 is 0 Å². The monoisotopic (exact) mass is 452 g/mol. The summed E-state index contributed by atoms with van der Waals surface area (Å²) in [5.74, 6) is 1.25. The van der Waals surface area contributed by atoms with Crippen molar-refractivity contribution in [1.29, 1.82) is 0 Å². The summed E-state index contributed by atoms with van der Waals surface area (Å²) in [6.45, 7) is 1.90. The molecule has 2 rings (SSSR count). The van der Waals surface area contributed by atoms with Crippen molar-refractivity contribution < 1.29 is 32.2 Å². The number of sulfonamides is 1. The van der Waals surface area contributed by atoms with Gasteiger partial charge in [0.2, 0.25) is 21.7 Å². The van der Waals surface area contributed by atoms with Crippen LogP contribution in [-0.2, 0) is 21.4 Å². The van der Waals surface area contributed by atoms with Crippen LogP contribution in [0.5, 0.6) is 23.0 Å². The maximum absolute atomic E-state index is 12.6. The molecule has 0 heterocycles. The van der Waals surface area contributed by atoms with E-state index in [0.717, 1.165) is 10.6 Å². The number of hydrogen-bond acceptors (Lipinski definition) is 7. The van der Waals surface area contributed by atoms with E-state index in [1.807, 2.05) is 0 Å². The Hall–Kier alpha value is -3.14. The number of nitrogens with zero attached hydrogens (tertiary/aromatic N) is 1. The molecule has 0 bridgehead atoms. The van der Waals surface area contributed by atoms with Gasteiger partial charge in [-0.2, -0.15) is 0 Å². The average molecular weight is 453 g/mol. The third-order valence-electron chi connectivity index (χ3n) is 4.34. The van der Waals surface area contributed by atoms with E-state index in [0.29, 0.717) is 40.9 Å². The minimum Gasteiger partial charge on any atom is -0.493 e. The minimum absolute atomic E-state index is 0.139. The summed E-state index contributed by atoms with van der Waals surface area (Å²) in [4.78, 5) is 12.6. The molecule has 0 aromatic heterocycles. The Balaban J connectivity index is 2.20. The van der Waals surface area contributed by atoms with Crippen molar-refractivity contribution in [1.82, 2.24) is 5.32 Å². The average Bonchev–Trinajstić information content (AvgIpc) is 2.75. The van der Waals surface area contributed by atoms with Gasteiger partial charge in [-0.15, -0.1) is 0 Å². The van der Waals surface area contributed by atoms with Gasteiger partial charge in [0.05, 0.1) is 39.9 Å². The summed E-state index contributed by atoms with van der Waals surface area (Å²) < 4.78 is 47.2. The number of ether oxygens (including phenoxy) is 4. The van der Waals surface area contributed by atoms with Crippen LogP contribution < -0.4 is 28.6 Å². The largest absolute Gasteiger partial charge is 0.493 e. The summed E-state index contributed by atoms with van der Waals surface area (Å²) in [6.07, 6.45) is 1.04. The highest BCUT2D eigenvalue weighted by atomic mass is 32.2. The van der Waals surface area contributed by atoms with Gasteiger partial charge in [-0.25, -0.2) is 8.42 Å². The molecule has 0 aliphatic carbocycles. The van der Waals surface area contributed by atoms with Crippen LogP contribution in [0.1, 0.15) is 12.5 Å². The van der Waals surface area contributed by atoms with Gasteiger partial charge in [0.1, 0.15) is 12.3 Å². The molecule has 1 N–H and O–H groups in total. The van der Waals surface area contributed by atoms with Crippen LogP contribution >= 0.6 is 0 Å². The minimum atomic E-state index is -3.73. The van der Waals surface area contributed by atoms with Crippen LogP contribution in [0.3, 0.4) is 0 Å². The zero-order valence-electron chi connectivity index (χ0n) is 18.3. The summed E-state index contributed by atoms with van der Waals surface area (Å²) in [5.41, 5.74) is 0.998. The van der Waals surface area contributed by atoms with Crippen LogP contribution in [0.4, 0.5) is 5.69 Å². The standard InChI is InChI=1S/C21H28N2O7S/c1-6-30-17-10-8-7-9-16(17)23(31(5,25)26)14-20(24)22-13-15-11-18(27-2)21(29-4)19(12-15)28-3/h7-12H,6,13-14H2,1-5H3,(H,22,24). The van der Waals surface area contributed by atoms with Crippen LogP contribution in [-0.4, -0.2) is 55.1 Å². The van der Waals surface area contributed by atoms with Crippen LogP contribution in [0.25, 0.3) is 0 Å². The molecule has 0 aliphatic rings. The number of methoxy groups -OCH3 is 3. The van der Waals surface area contributed by atoms with Crippen LogP contribution in [0, 0.1) is 0 Å². The normalized spacial score (nSPS) is 10.9. The van der Waals surface area contributed by atoms with Crippen molar-refractivity contribution in [2.24, 2.45) is 0 Å². The van der Waals surface area contributed by atoms with Gasteiger partial charge in [0.25, 0.3) is 0 Å². The number of carbonyl (C=O) groups excluding carboxylic acids is 1. The number of carbonyl (C=O) groups is 1. The number of rotatable bonds is 11. The summed E-state index contributed by atoms with van der Waals surface area (Å²) in [7, 11) is 0.769. The Morgan fingerprint density at radius 2 is 1.61 bits per heavy atom. The molecule has 0 spiro atoms. The third-order valence-corrected chi connectivity index (χ3v) is 5.46. The zero-order chi connectivity index (χ0) is 23.0. The Kier molecular flexibility index (Phi) is 8.38. The Labute approximate surface area is 182 Å². The van der Waals surface area contributed by atoms with E-state index in [9.17, 15) is 13.2 Å². The maximum atomic E-state index is 12.6.